The van der Waals surface area contributed by atoms with Crippen LogP contribution in [0.4, 0.5) is 4.79 Å². The number of carbonyl (C=O) groups excluding carboxylic acids is 2. The third-order valence-corrected chi connectivity index (χ3v) is 4.64. The molecule has 1 aromatic rings. The Morgan fingerprint density at radius 1 is 1.33 bits per heavy atom. The minimum absolute atomic E-state index is 0.292. The molecule has 2 rings (SSSR count). The first-order valence-corrected chi connectivity index (χ1v) is 8.96. The maximum Gasteiger partial charge on any atom is 0.327 e. The number of hydrogen-bond acceptors (Lipinski definition) is 5. The van der Waals surface area contributed by atoms with Crippen LogP contribution in [0.25, 0.3) is 0 Å². The Labute approximate surface area is 158 Å². The Balaban J connectivity index is 1.99. The number of nitrogens with two attached hydrogens (primary N) is 1. The molecule has 0 aromatic heterocycles. The number of aliphatic carboxylic acids is 1. The highest BCUT2D eigenvalue weighted by Crippen LogP contribution is 2.31. The fourth-order valence-corrected chi connectivity index (χ4v) is 3.23. The summed E-state index contributed by atoms with van der Waals surface area (Å²) >= 11 is 0. The molecule has 1 saturated heterocycles. The summed E-state index contributed by atoms with van der Waals surface area (Å²) in [5.74, 6) is -2.04. The largest absolute Gasteiger partial charge is 0.480 e. The van der Waals surface area contributed by atoms with Gasteiger partial charge in [0.2, 0.25) is 5.91 Å². The van der Waals surface area contributed by atoms with Gasteiger partial charge in [-0.2, -0.15) is 0 Å². The van der Waals surface area contributed by atoms with Crippen LogP contribution in [0.3, 0.4) is 0 Å². The van der Waals surface area contributed by atoms with Crippen molar-refractivity contribution in [2.45, 2.75) is 38.3 Å². The lowest BCUT2D eigenvalue weighted by molar-refractivity contribution is -0.166. The third kappa shape index (κ3) is 4.78. The summed E-state index contributed by atoms with van der Waals surface area (Å²) in [5, 5.41) is 15.1. The first-order chi connectivity index (χ1) is 12.9. The molecule has 0 bridgehead atoms. The van der Waals surface area contributed by atoms with Crippen molar-refractivity contribution in [2.24, 2.45) is 11.7 Å². The summed E-state index contributed by atoms with van der Waals surface area (Å²) in [6, 6.07) is 7.23. The zero-order valence-corrected chi connectivity index (χ0v) is 15.4. The van der Waals surface area contributed by atoms with Gasteiger partial charge in [0.15, 0.2) is 6.04 Å². The van der Waals surface area contributed by atoms with Crippen molar-refractivity contribution in [1.29, 1.82) is 0 Å². The molecule has 3 atom stereocenters. The molecule has 1 aromatic carbocycles. The molecule has 1 heterocycles. The number of carboxylic acids is 1. The van der Waals surface area contributed by atoms with Gasteiger partial charge in [-0.1, -0.05) is 43.8 Å². The summed E-state index contributed by atoms with van der Waals surface area (Å²) in [6.07, 6.45) is 1.52. The molecule has 2 unspecified atom stereocenters. The SMILES string of the molecule is C=C(N)NCCC[C@H]1C(=O)N(C(=O)NC(CC)c2ccccc2)C1C(=O)O. The zero-order chi connectivity index (χ0) is 20.0. The molecular weight excluding hydrogens is 348 g/mol. The average Bonchev–Trinajstić information content (AvgIpc) is 2.63. The monoisotopic (exact) mass is 374 g/mol. The van der Waals surface area contributed by atoms with Crippen molar-refractivity contribution < 1.29 is 19.5 Å². The number of imide groups is 1. The number of rotatable bonds is 9. The number of amides is 3. The van der Waals surface area contributed by atoms with Crippen LogP contribution in [-0.4, -0.2) is 40.5 Å². The van der Waals surface area contributed by atoms with E-state index in [1.54, 1.807) is 0 Å². The first kappa shape index (κ1) is 20.3. The van der Waals surface area contributed by atoms with Crippen molar-refractivity contribution in [3.63, 3.8) is 0 Å². The second-order valence-electron chi connectivity index (χ2n) is 6.51. The first-order valence-electron chi connectivity index (χ1n) is 8.96. The predicted molar refractivity (Wildman–Crippen MR) is 100 cm³/mol. The molecule has 146 valence electrons. The topological polar surface area (TPSA) is 125 Å². The van der Waals surface area contributed by atoms with E-state index in [-0.39, 0.29) is 6.04 Å². The second-order valence-corrected chi connectivity index (χ2v) is 6.51. The number of hydrogen-bond donors (Lipinski definition) is 4. The summed E-state index contributed by atoms with van der Waals surface area (Å²) in [6.45, 7) is 5.90. The van der Waals surface area contributed by atoms with Crippen LogP contribution in [-0.2, 0) is 9.59 Å². The molecule has 5 N–H and O–H groups in total. The van der Waals surface area contributed by atoms with Crippen molar-refractivity contribution in [2.75, 3.05) is 6.54 Å². The van der Waals surface area contributed by atoms with Crippen molar-refractivity contribution in [1.82, 2.24) is 15.5 Å². The van der Waals surface area contributed by atoms with Crippen LogP contribution in [0, 0.1) is 5.92 Å². The maximum atomic E-state index is 12.5. The number of carboxylic acid groups (broad SMARTS) is 1. The predicted octanol–water partition coefficient (Wildman–Crippen LogP) is 1.56. The van der Waals surface area contributed by atoms with Gasteiger partial charge in [0.25, 0.3) is 0 Å². The number of carbonyl (C=O) groups is 3. The van der Waals surface area contributed by atoms with Gasteiger partial charge in [0, 0.05) is 6.54 Å². The van der Waals surface area contributed by atoms with Crippen molar-refractivity contribution >= 4 is 17.9 Å². The third-order valence-electron chi connectivity index (χ3n) is 4.64. The minimum Gasteiger partial charge on any atom is -0.480 e. The van der Waals surface area contributed by atoms with E-state index in [2.05, 4.69) is 17.2 Å². The Kier molecular flexibility index (Phi) is 6.81. The molecule has 27 heavy (non-hydrogen) atoms. The number of nitrogens with one attached hydrogen (secondary N) is 2. The van der Waals surface area contributed by atoms with E-state index in [0.717, 1.165) is 10.5 Å². The molecule has 1 aliphatic heterocycles. The quantitative estimate of drug-likeness (QED) is 0.384. The highest BCUT2D eigenvalue weighted by atomic mass is 16.4. The molecule has 8 nitrogen and oxygen atoms in total. The van der Waals surface area contributed by atoms with Gasteiger partial charge < -0.3 is 21.5 Å². The number of benzene rings is 1. The van der Waals surface area contributed by atoms with E-state index in [0.29, 0.717) is 31.6 Å². The number of β-lactam (4-membered cyclic amide) rings is 1. The van der Waals surface area contributed by atoms with Gasteiger partial charge in [-0.3, -0.25) is 4.79 Å². The Hall–Kier alpha value is -3.03. The van der Waals surface area contributed by atoms with E-state index in [1.807, 2.05) is 37.3 Å². The van der Waals surface area contributed by atoms with Crippen LogP contribution in [0.5, 0.6) is 0 Å². The Bertz CT molecular complexity index is 707. The van der Waals surface area contributed by atoms with Gasteiger partial charge in [-0.15, -0.1) is 0 Å². The van der Waals surface area contributed by atoms with E-state index in [4.69, 9.17) is 5.73 Å². The van der Waals surface area contributed by atoms with Crippen molar-refractivity contribution in [3.8, 4) is 0 Å². The fourth-order valence-electron chi connectivity index (χ4n) is 3.23. The average molecular weight is 374 g/mol. The molecule has 8 heteroatoms. The van der Waals surface area contributed by atoms with Crippen LogP contribution >= 0.6 is 0 Å². The summed E-state index contributed by atoms with van der Waals surface area (Å²) in [5.41, 5.74) is 6.30. The van der Waals surface area contributed by atoms with Gasteiger partial charge in [0.05, 0.1) is 17.8 Å². The smallest absolute Gasteiger partial charge is 0.327 e. The molecule has 0 spiro atoms. The highest BCUT2D eigenvalue weighted by Gasteiger charge is 2.54. The minimum atomic E-state index is -1.18. The lowest BCUT2D eigenvalue weighted by Gasteiger charge is -2.43. The number of likely N-dealkylation sites (tertiary alicyclic amines) is 1. The van der Waals surface area contributed by atoms with Crippen LogP contribution in [0.15, 0.2) is 42.7 Å². The van der Waals surface area contributed by atoms with Gasteiger partial charge in [-0.25, -0.2) is 14.5 Å². The molecule has 0 saturated carbocycles. The van der Waals surface area contributed by atoms with E-state index < -0.39 is 29.9 Å². The molecule has 1 fully saturated rings. The normalized spacial score (nSPS) is 19.7. The summed E-state index contributed by atoms with van der Waals surface area (Å²) < 4.78 is 0. The molecule has 0 radical (unpaired) electrons. The second kappa shape index (κ2) is 9.07. The Morgan fingerprint density at radius 2 is 2.00 bits per heavy atom. The highest BCUT2D eigenvalue weighted by molar-refractivity contribution is 6.07. The number of urea groups is 1. The van der Waals surface area contributed by atoms with Gasteiger partial charge >= 0.3 is 12.0 Å². The van der Waals surface area contributed by atoms with E-state index >= 15 is 0 Å². The lowest BCUT2D eigenvalue weighted by atomic mass is 9.84. The van der Waals surface area contributed by atoms with Gasteiger partial charge in [-0.05, 0) is 24.8 Å². The van der Waals surface area contributed by atoms with Crippen molar-refractivity contribution in [3.05, 3.63) is 48.3 Å². The molecule has 3 amide bonds. The molecular formula is C19H26N4O4. The molecule has 0 aliphatic carbocycles. The number of nitrogens with zero attached hydrogens (tertiary/aromatic N) is 1. The maximum absolute atomic E-state index is 12.5. The zero-order valence-electron chi connectivity index (χ0n) is 15.4. The Morgan fingerprint density at radius 3 is 2.56 bits per heavy atom. The molecule has 1 aliphatic rings. The fraction of sp³-hybridized carbons (Fsp3) is 0.421. The van der Waals surface area contributed by atoms with Crippen LogP contribution in [0.1, 0.15) is 37.8 Å². The van der Waals surface area contributed by atoms with Gasteiger partial charge in [0.1, 0.15) is 0 Å². The summed E-state index contributed by atoms with van der Waals surface area (Å²) in [4.78, 5) is 37.3. The van der Waals surface area contributed by atoms with E-state index in [9.17, 15) is 19.5 Å². The van der Waals surface area contributed by atoms with Crippen LogP contribution < -0.4 is 16.4 Å². The van der Waals surface area contributed by atoms with Crippen LogP contribution in [0.2, 0.25) is 0 Å². The standard InChI is InChI=1S/C19H26N4O4/c1-3-15(13-8-5-4-6-9-13)22-19(27)23-16(18(25)26)14(17(23)24)10-7-11-21-12(2)20/h4-6,8-9,14-16,21H,2-3,7,10-11,20H2,1H3,(H,22,27)(H,25,26)/t14-,15?,16?/m1/s1. The summed E-state index contributed by atoms with van der Waals surface area (Å²) in [7, 11) is 0. The van der Waals surface area contributed by atoms with E-state index in [1.165, 1.54) is 0 Å². The lowest BCUT2D eigenvalue weighted by Crippen LogP contribution is -2.68.